The molecule has 4 amide bonds. The molecule has 6 unspecified atom stereocenters. The summed E-state index contributed by atoms with van der Waals surface area (Å²) in [6.45, 7) is 26.2. The molecule has 0 radical (unpaired) electrons. The van der Waals surface area contributed by atoms with Gasteiger partial charge in [-0.2, -0.15) is 0 Å². The van der Waals surface area contributed by atoms with E-state index in [1.54, 1.807) is 0 Å². The lowest BCUT2D eigenvalue weighted by molar-refractivity contribution is 0.0482. The van der Waals surface area contributed by atoms with Crippen LogP contribution in [-0.4, -0.2) is 46.5 Å². The zero-order valence-corrected chi connectivity index (χ0v) is 42.1. The number of nitrogens with zero attached hydrogens (tertiary/aromatic N) is 2. The molecule has 2 aliphatic heterocycles. The molecule has 0 spiro atoms. The lowest BCUT2D eigenvalue weighted by Gasteiger charge is -2.60. The van der Waals surface area contributed by atoms with Crippen molar-refractivity contribution in [3.63, 3.8) is 0 Å². The van der Waals surface area contributed by atoms with Crippen LogP contribution in [0.25, 0.3) is 43.1 Å². The molecular formula is C62H68N2O4. The van der Waals surface area contributed by atoms with Crippen molar-refractivity contribution in [2.75, 3.05) is 13.1 Å². The van der Waals surface area contributed by atoms with Crippen molar-refractivity contribution in [3.05, 3.63) is 142 Å². The first-order valence-corrected chi connectivity index (χ1v) is 25.4. The Morgan fingerprint density at radius 3 is 1.43 bits per heavy atom. The van der Waals surface area contributed by atoms with E-state index < -0.39 is 0 Å². The lowest BCUT2D eigenvalue weighted by Crippen LogP contribution is -2.53. The van der Waals surface area contributed by atoms with Crippen LogP contribution < -0.4 is 0 Å². The summed E-state index contributed by atoms with van der Waals surface area (Å²) < 4.78 is 0. The zero-order chi connectivity index (χ0) is 48.4. The van der Waals surface area contributed by atoms with Crippen molar-refractivity contribution in [2.45, 2.75) is 126 Å². The summed E-state index contributed by atoms with van der Waals surface area (Å²) in [5, 5.41) is 6.71. The largest absolute Gasteiger partial charge is 0.274 e. The number of hydrogen-bond acceptors (Lipinski definition) is 4. The Balaban J connectivity index is 0.979. The number of hydrogen-bond donors (Lipinski definition) is 0. The second-order valence-corrected chi connectivity index (χ2v) is 22.7. The van der Waals surface area contributed by atoms with Crippen molar-refractivity contribution in [1.29, 1.82) is 0 Å². The van der Waals surface area contributed by atoms with Crippen molar-refractivity contribution in [3.8, 4) is 0 Å². The predicted molar refractivity (Wildman–Crippen MR) is 278 cm³/mol. The van der Waals surface area contributed by atoms with Crippen LogP contribution in [0.4, 0.5) is 0 Å². The Labute approximate surface area is 402 Å². The third-order valence-electron chi connectivity index (χ3n) is 18.8. The van der Waals surface area contributed by atoms with Crippen molar-refractivity contribution in [2.24, 2.45) is 28.1 Å². The minimum absolute atomic E-state index is 0.0122. The van der Waals surface area contributed by atoms with Gasteiger partial charge < -0.3 is 0 Å². The number of rotatable bonds is 15. The standard InChI is InChI=1S/C62H68N2O4/c1-12-36(4)60(8,9)53(38-20-16-15-17-21-38)59(6,7)32-34-63-55(65)44-28-24-39-41-26-30-46-52-47(31-27-42(50(41)52)40-25-29-45(56(63)66)51(44)49(39)40)58(68)64(57(46)67)35-33-61(10,14-3)54-43-22-18-19-23-48(43)62(54,11)37(5)13-2/h15-31,36-37,53-54H,12-14,32-35H2,1-11H3. The SMILES string of the molecule is CCC(C)C(C)(C)C(c1ccccc1)C(C)(C)CCN1C(=O)c2ccc3c4ccc5c6c(ccc(c7ccc(c2c37)C1=O)c64)C(=O)N(CCC(C)(CC)C1c2ccccc2C1(C)C(C)CC)C5=O. The van der Waals surface area contributed by atoms with Crippen molar-refractivity contribution >= 4 is 66.7 Å². The maximum Gasteiger partial charge on any atom is 0.261 e. The smallest absolute Gasteiger partial charge is 0.261 e. The molecule has 68 heavy (non-hydrogen) atoms. The normalized spacial score (nSPS) is 20.6. The molecule has 0 fully saturated rings. The highest BCUT2D eigenvalue weighted by Crippen LogP contribution is 2.65. The number of carbonyl (C=O) groups excluding carboxylic acids is 4. The fourth-order valence-electron chi connectivity index (χ4n) is 14.3. The van der Waals surface area contributed by atoms with Crippen LogP contribution in [0.2, 0.25) is 0 Å². The van der Waals surface area contributed by atoms with Crippen LogP contribution in [0.1, 0.15) is 178 Å². The second-order valence-electron chi connectivity index (χ2n) is 22.7. The van der Waals surface area contributed by atoms with Crippen LogP contribution in [-0.2, 0) is 5.41 Å². The third kappa shape index (κ3) is 6.34. The summed E-state index contributed by atoms with van der Waals surface area (Å²) in [6, 6.07) is 35.2. The summed E-state index contributed by atoms with van der Waals surface area (Å²) in [5.41, 5.74) is 5.86. The molecule has 6 nitrogen and oxygen atoms in total. The van der Waals surface area contributed by atoms with Gasteiger partial charge in [0.2, 0.25) is 0 Å². The quantitative estimate of drug-likeness (QED) is 0.0583. The molecule has 6 heteroatoms. The molecule has 0 aromatic heterocycles. The molecule has 7 aromatic carbocycles. The Bertz CT molecular complexity index is 3100. The summed E-state index contributed by atoms with van der Waals surface area (Å²) >= 11 is 0. The third-order valence-corrected chi connectivity index (χ3v) is 18.8. The van der Waals surface area contributed by atoms with Gasteiger partial charge in [0, 0.05) is 51.5 Å². The fourth-order valence-corrected chi connectivity index (χ4v) is 14.3. The topological polar surface area (TPSA) is 74.8 Å². The highest BCUT2D eigenvalue weighted by molar-refractivity contribution is 6.41. The maximum atomic E-state index is 14.7. The maximum absolute atomic E-state index is 14.7. The number of imide groups is 2. The van der Waals surface area contributed by atoms with E-state index in [-0.39, 0.29) is 51.2 Å². The van der Waals surface area contributed by atoms with Gasteiger partial charge in [0.15, 0.2) is 0 Å². The van der Waals surface area contributed by atoms with Gasteiger partial charge in [-0.3, -0.25) is 29.0 Å². The zero-order valence-electron chi connectivity index (χ0n) is 42.1. The van der Waals surface area contributed by atoms with Crippen LogP contribution in [0.15, 0.2) is 103 Å². The van der Waals surface area contributed by atoms with Crippen LogP contribution >= 0.6 is 0 Å². The van der Waals surface area contributed by atoms with E-state index in [9.17, 15) is 19.2 Å². The van der Waals surface area contributed by atoms with Gasteiger partial charge in [0.25, 0.3) is 23.6 Å². The first kappa shape index (κ1) is 45.9. The average molecular weight is 905 g/mol. The summed E-state index contributed by atoms with van der Waals surface area (Å²) in [4.78, 5) is 61.7. The van der Waals surface area contributed by atoms with Gasteiger partial charge in [-0.25, -0.2) is 0 Å². The molecular weight excluding hydrogens is 837 g/mol. The summed E-state index contributed by atoms with van der Waals surface area (Å²) in [5.74, 6) is 0.410. The molecule has 2 heterocycles. The average Bonchev–Trinajstić information content (AvgIpc) is 3.33. The number of fused-ring (bicyclic) bond motifs is 3. The minimum Gasteiger partial charge on any atom is -0.274 e. The Morgan fingerprint density at radius 1 is 0.544 bits per heavy atom. The predicted octanol–water partition coefficient (Wildman–Crippen LogP) is 15.1. The molecule has 0 N–H and O–H groups in total. The molecule has 0 saturated heterocycles. The first-order chi connectivity index (χ1) is 32.4. The Kier molecular flexibility index (Phi) is 10.9. The van der Waals surface area contributed by atoms with Gasteiger partial charge in [0.1, 0.15) is 0 Å². The molecule has 1 aliphatic carbocycles. The monoisotopic (exact) mass is 905 g/mol. The molecule has 3 aliphatic rings. The van der Waals surface area contributed by atoms with E-state index in [0.29, 0.717) is 76.7 Å². The Morgan fingerprint density at radius 2 is 0.985 bits per heavy atom. The van der Waals surface area contributed by atoms with Gasteiger partial charge in [-0.05, 0) is 126 Å². The van der Waals surface area contributed by atoms with E-state index in [2.05, 4.69) is 131 Å². The molecule has 6 atom stereocenters. The fraction of sp³-hybridized carbons (Fsp3) is 0.419. The van der Waals surface area contributed by atoms with Crippen molar-refractivity contribution in [1.82, 2.24) is 9.80 Å². The summed E-state index contributed by atoms with van der Waals surface area (Å²) in [7, 11) is 0. The number of carbonyl (C=O) groups is 4. The van der Waals surface area contributed by atoms with E-state index in [4.69, 9.17) is 0 Å². The lowest BCUT2D eigenvalue weighted by atomic mass is 9.44. The molecule has 10 rings (SSSR count). The molecule has 0 bridgehead atoms. The van der Waals surface area contributed by atoms with Gasteiger partial charge in [0.05, 0.1) is 0 Å². The minimum atomic E-state index is -0.267. The highest BCUT2D eigenvalue weighted by Gasteiger charge is 2.57. The van der Waals surface area contributed by atoms with E-state index in [0.717, 1.165) is 51.6 Å². The second kappa shape index (κ2) is 16.1. The van der Waals surface area contributed by atoms with Crippen LogP contribution in [0.5, 0.6) is 0 Å². The molecule has 0 saturated carbocycles. The van der Waals surface area contributed by atoms with E-state index in [1.165, 1.54) is 26.5 Å². The van der Waals surface area contributed by atoms with Gasteiger partial charge in [-0.15, -0.1) is 0 Å². The number of benzene rings is 7. The van der Waals surface area contributed by atoms with E-state index >= 15 is 0 Å². The van der Waals surface area contributed by atoms with Gasteiger partial charge >= 0.3 is 0 Å². The van der Waals surface area contributed by atoms with Crippen LogP contribution in [0, 0.1) is 28.1 Å². The Hall–Kier alpha value is -5.88. The molecule has 7 aromatic rings. The summed E-state index contributed by atoms with van der Waals surface area (Å²) in [6.07, 6.45) is 4.43. The molecule has 350 valence electrons. The van der Waals surface area contributed by atoms with Gasteiger partial charge in [-0.1, -0.05) is 174 Å². The van der Waals surface area contributed by atoms with E-state index in [1.807, 2.05) is 48.5 Å². The highest BCUT2D eigenvalue weighted by atomic mass is 16.2. The van der Waals surface area contributed by atoms with Crippen molar-refractivity contribution < 1.29 is 19.2 Å². The number of amides is 4. The van der Waals surface area contributed by atoms with Crippen LogP contribution in [0.3, 0.4) is 0 Å². The first-order valence-electron chi connectivity index (χ1n) is 25.4.